The van der Waals surface area contributed by atoms with Gasteiger partial charge < -0.3 is 14.2 Å². The number of aromatic nitrogens is 1. The van der Waals surface area contributed by atoms with E-state index in [0.717, 1.165) is 48.3 Å². The molecule has 2 aromatic rings. The van der Waals surface area contributed by atoms with Gasteiger partial charge in [-0.1, -0.05) is 35.5 Å². The van der Waals surface area contributed by atoms with Gasteiger partial charge in [-0.25, -0.2) is 4.79 Å². The van der Waals surface area contributed by atoms with Crippen LogP contribution in [0.3, 0.4) is 0 Å². The Labute approximate surface area is 157 Å². The SMILES string of the molecule is CN(Cc1noc2c1CCCC2)C(=O)CN1C(=O)OCC1c1ccccc1. The summed E-state index contributed by atoms with van der Waals surface area (Å²) < 4.78 is 10.6. The summed E-state index contributed by atoms with van der Waals surface area (Å²) in [5.41, 5.74) is 2.93. The molecule has 1 unspecified atom stereocenters. The highest BCUT2D eigenvalue weighted by atomic mass is 16.6. The van der Waals surface area contributed by atoms with E-state index in [9.17, 15) is 9.59 Å². The lowest BCUT2D eigenvalue weighted by atomic mass is 9.96. The van der Waals surface area contributed by atoms with Gasteiger partial charge in [0.15, 0.2) is 0 Å². The Hall–Kier alpha value is -2.83. The van der Waals surface area contributed by atoms with Crippen molar-refractivity contribution >= 4 is 12.0 Å². The second-order valence-corrected chi connectivity index (χ2v) is 7.12. The molecule has 4 rings (SSSR count). The molecule has 1 aromatic heterocycles. The fraction of sp³-hybridized carbons (Fsp3) is 0.450. The van der Waals surface area contributed by atoms with Crippen LogP contribution >= 0.6 is 0 Å². The van der Waals surface area contributed by atoms with Crippen LogP contribution in [0.4, 0.5) is 4.79 Å². The third-order valence-corrected chi connectivity index (χ3v) is 5.31. The van der Waals surface area contributed by atoms with Gasteiger partial charge in [0.05, 0.1) is 12.6 Å². The second kappa shape index (κ2) is 7.42. The number of nitrogens with zero attached hydrogens (tertiary/aromatic N) is 3. The molecule has 0 saturated carbocycles. The Bertz CT molecular complexity index is 833. The molecule has 0 bridgehead atoms. The number of cyclic esters (lactones) is 1. The number of carbonyl (C=O) groups is 2. The third-order valence-electron chi connectivity index (χ3n) is 5.31. The minimum atomic E-state index is -0.454. The standard InChI is InChI=1S/C20H23N3O4/c1-22(11-16-15-9-5-6-10-18(15)27-21-16)19(24)12-23-17(13-26-20(23)25)14-7-3-2-4-8-14/h2-4,7-8,17H,5-6,9-13H2,1H3. The van der Waals surface area contributed by atoms with Gasteiger partial charge in [-0.15, -0.1) is 0 Å². The lowest BCUT2D eigenvalue weighted by molar-refractivity contribution is -0.131. The van der Waals surface area contributed by atoms with Crippen molar-refractivity contribution in [3.8, 4) is 0 Å². The summed E-state index contributed by atoms with van der Waals surface area (Å²) in [6, 6.07) is 9.39. The van der Waals surface area contributed by atoms with Gasteiger partial charge in [-0.05, 0) is 24.8 Å². The fourth-order valence-corrected chi connectivity index (χ4v) is 3.73. The summed E-state index contributed by atoms with van der Waals surface area (Å²) >= 11 is 0. The Kier molecular flexibility index (Phi) is 4.83. The molecular formula is C20H23N3O4. The number of hydrogen-bond donors (Lipinski definition) is 0. The first-order valence-corrected chi connectivity index (χ1v) is 9.32. The van der Waals surface area contributed by atoms with Crippen molar-refractivity contribution in [3.05, 3.63) is 52.9 Å². The van der Waals surface area contributed by atoms with Gasteiger partial charge in [0.1, 0.15) is 24.6 Å². The maximum Gasteiger partial charge on any atom is 0.410 e. The topological polar surface area (TPSA) is 75.9 Å². The molecule has 7 heteroatoms. The van der Waals surface area contributed by atoms with E-state index in [1.54, 1.807) is 11.9 Å². The van der Waals surface area contributed by atoms with Crippen LogP contribution in [0.25, 0.3) is 0 Å². The van der Waals surface area contributed by atoms with E-state index < -0.39 is 6.09 Å². The summed E-state index contributed by atoms with van der Waals surface area (Å²) in [6.45, 7) is 0.627. The molecule has 27 heavy (non-hydrogen) atoms. The maximum atomic E-state index is 12.7. The molecule has 1 aromatic carbocycles. The number of amides is 2. The van der Waals surface area contributed by atoms with Crippen LogP contribution in [-0.2, 0) is 28.9 Å². The molecule has 7 nitrogen and oxygen atoms in total. The molecule has 1 saturated heterocycles. The summed E-state index contributed by atoms with van der Waals surface area (Å²) in [5.74, 6) is 0.798. The normalized spacial score (nSPS) is 18.9. The molecule has 142 valence electrons. The van der Waals surface area contributed by atoms with Crippen LogP contribution in [0, 0.1) is 0 Å². The van der Waals surface area contributed by atoms with E-state index in [2.05, 4.69) is 5.16 Å². The zero-order valence-corrected chi connectivity index (χ0v) is 15.4. The fourth-order valence-electron chi connectivity index (χ4n) is 3.73. The number of aryl methyl sites for hydroxylation is 1. The first kappa shape index (κ1) is 17.6. The number of benzene rings is 1. The van der Waals surface area contributed by atoms with E-state index in [1.165, 1.54) is 4.90 Å². The summed E-state index contributed by atoms with van der Waals surface area (Å²) in [5, 5.41) is 4.16. The van der Waals surface area contributed by atoms with E-state index in [1.807, 2.05) is 30.3 Å². The van der Waals surface area contributed by atoms with E-state index in [4.69, 9.17) is 9.26 Å². The molecular weight excluding hydrogens is 346 g/mol. The van der Waals surface area contributed by atoms with Crippen molar-refractivity contribution < 1.29 is 18.8 Å². The van der Waals surface area contributed by atoms with E-state index in [0.29, 0.717) is 6.54 Å². The van der Waals surface area contributed by atoms with Crippen molar-refractivity contribution in [3.63, 3.8) is 0 Å². The summed E-state index contributed by atoms with van der Waals surface area (Å²) in [6.07, 6.45) is 3.65. The van der Waals surface area contributed by atoms with Crippen molar-refractivity contribution in [2.75, 3.05) is 20.2 Å². The first-order chi connectivity index (χ1) is 13.1. The molecule has 2 heterocycles. The molecule has 0 N–H and O–H groups in total. The molecule has 0 spiro atoms. The van der Waals surface area contributed by atoms with Crippen LogP contribution in [-0.4, -0.2) is 47.2 Å². The van der Waals surface area contributed by atoms with Gasteiger partial charge in [0.25, 0.3) is 0 Å². The Morgan fingerprint density at radius 3 is 2.85 bits per heavy atom. The van der Waals surface area contributed by atoms with Gasteiger partial charge in [0, 0.05) is 19.0 Å². The Morgan fingerprint density at radius 2 is 2.04 bits per heavy atom. The van der Waals surface area contributed by atoms with Gasteiger partial charge in [0.2, 0.25) is 5.91 Å². The van der Waals surface area contributed by atoms with Crippen molar-refractivity contribution in [1.29, 1.82) is 0 Å². The van der Waals surface area contributed by atoms with Crippen molar-refractivity contribution in [2.24, 2.45) is 0 Å². The number of hydrogen-bond acceptors (Lipinski definition) is 5. The molecule has 0 radical (unpaired) electrons. The van der Waals surface area contributed by atoms with E-state index in [-0.39, 0.29) is 25.1 Å². The largest absolute Gasteiger partial charge is 0.447 e. The number of ether oxygens (including phenoxy) is 1. The smallest absolute Gasteiger partial charge is 0.410 e. The number of fused-ring (bicyclic) bond motifs is 1. The molecule has 1 atom stereocenters. The number of rotatable bonds is 5. The second-order valence-electron chi connectivity index (χ2n) is 7.12. The zero-order valence-electron chi connectivity index (χ0n) is 15.4. The van der Waals surface area contributed by atoms with Crippen LogP contribution in [0.15, 0.2) is 34.9 Å². The maximum absolute atomic E-state index is 12.7. The van der Waals surface area contributed by atoms with Gasteiger partial charge in [-0.3, -0.25) is 9.69 Å². The first-order valence-electron chi connectivity index (χ1n) is 9.32. The Balaban J connectivity index is 1.43. The number of likely N-dealkylation sites (N-methyl/N-ethyl adjacent to an activating group) is 1. The minimum absolute atomic E-state index is 0.0189. The van der Waals surface area contributed by atoms with E-state index >= 15 is 0 Å². The van der Waals surface area contributed by atoms with Crippen molar-refractivity contribution in [2.45, 2.75) is 38.3 Å². The lowest BCUT2D eigenvalue weighted by Gasteiger charge is -2.24. The summed E-state index contributed by atoms with van der Waals surface area (Å²) in [7, 11) is 1.73. The van der Waals surface area contributed by atoms with Crippen LogP contribution in [0.1, 0.15) is 41.5 Å². The molecule has 2 aliphatic rings. The predicted octanol–water partition coefficient (Wildman–Crippen LogP) is 2.71. The van der Waals surface area contributed by atoms with Crippen LogP contribution in [0.5, 0.6) is 0 Å². The van der Waals surface area contributed by atoms with Crippen molar-refractivity contribution in [1.82, 2.24) is 15.0 Å². The predicted molar refractivity (Wildman–Crippen MR) is 96.9 cm³/mol. The average molecular weight is 369 g/mol. The van der Waals surface area contributed by atoms with Crippen LogP contribution in [0.2, 0.25) is 0 Å². The molecule has 1 aliphatic heterocycles. The quantitative estimate of drug-likeness (QED) is 0.810. The van der Waals surface area contributed by atoms with Gasteiger partial charge in [-0.2, -0.15) is 0 Å². The number of carbonyl (C=O) groups excluding carboxylic acids is 2. The minimum Gasteiger partial charge on any atom is -0.447 e. The van der Waals surface area contributed by atoms with Gasteiger partial charge >= 0.3 is 6.09 Å². The lowest BCUT2D eigenvalue weighted by Crippen LogP contribution is -2.39. The average Bonchev–Trinajstić information content (AvgIpc) is 3.26. The Morgan fingerprint density at radius 1 is 1.26 bits per heavy atom. The molecule has 2 amide bonds. The van der Waals surface area contributed by atoms with Crippen LogP contribution < -0.4 is 0 Å². The zero-order chi connectivity index (χ0) is 18.8. The monoisotopic (exact) mass is 369 g/mol. The molecule has 1 aliphatic carbocycles. The third kappa shape index (κ3) is 3.54. The highest BCUT2D eigenvalue weighted by Crippen LogP contribution is 2.28. The molecule has 1 fully saturated rings. The highest BCUT2D eigenvalue weighted by Gasteiger charge is 2.36. The summed E-state index contributed by atoms with van der Waals surface area (Å²) in [4.78, 5) is 28.0. The highest BCUT2D eigenvalue weighted by molar-refractivity contribution is 5.83.